The number of rotatable bonds is 6. The molecular formula is C16H32N2. The Kier molecular flexibility index (Phi) is 5.50. The van der Waals surface area contributed by atoms with E-state index in [1.807, 2.05) is 0 Å². The number of hydrogen-bond acceptors (Lipinski definition) is 2. The lowest BCUT2D eigenvalue weighted by atomic mass is 9.82. The van der Waals surface area contributed by atoms with Crippen molar-refractivity contribution in [1.82, 2.24) is 10.2 Å². The highest BCUT2D eigenvalue weighted by molar-refractivity contribution is 4.87. The number of likely N-dealkylation sites (tertiary alicyclic amines) is 1. The molecule has 1 unspecified atom stereocenters. The zero-order valence-electron chi connectivity index (χ0n) is 12.5. The number of hydrogen-bond donors (Lipinski definition) is 1. The molecule has 2 aliphatic heterocycles. The molecule has 0 spiro atoms. The van der Waals surface area contributed by atoms with Crippen LogP contribution in [0.5, 0.6) is 0 Å². The van der Waals surface area contributed by atoms with Gasteiger partial charge in [-0.2, -0.15) is 0 Å². The van der Waals surface area contributed by atoms with Crippen LogP contribution in [0.2, 0.25) is 0 Å². The Labute approximate surface area is 114 Å². The van der Waals surface area contributed by atoms with Crippen LogP contribution in [0.4, 0.5) is 0 Å². The van der Waals surface area contributed by atoms with E-state index in [1.54, 1.807) is 0 Å². The van der Waals surface area contributed by atoms with E-state index in [0.29, 0.717) is 5.41 Å². The van der Waals surface area contributed by atoms with Gasteiger partial charge in [-0.1, -0.05) is 13.8 Å². The number of nitrogens with zero attached hydrogens (tertiary/aromatic N) is 1. The highest BCUT2D eigenvalue weighted by Gasteiger charge is 2.34. The Morgan fingerprint density at radius 1 is 1.28 bits per heavy atom. The third-order valence-corrected chi connectivity index (χ3v) is 5.50. The van der Waals surface area contributed by atoms with Crippen molar-refractivity contribution in [2.75, 3.05) is 32.7 Å². The smallest absolute Gasteiger partial charge is 0.00382 e. The molecule has 2 heterocycles. The first-order chi connectivity index (χ1) is 8.78. The zero-order valence-corrected chi connectivity index (χ0v) is 12.5. The summed E-state index contributed by atoms with van der Waals surface area (Å²) >= 11 is 0. The van der Waals surface area contributed by atoms with Crippen molar-refractivity contribution in [2.24, 2.45) is 11.3 Å². The van der Waals surface area contributed by atoms with Crippen LogP contribution in [0.3, 0.4) is 0 Å². The van der Waals surface area contributed by atoms with Crippen LogP contribution in [0, 0.1) is 11.3 Å². The molecule has 0 aliphatic carbocycles. The van der Waals surface area contributed by atoms with E-state index in [-0.39, 0.29) is 0 Å². The van der Waals surface area contributed by atoms with Gasteiger partial charge in [0.25, 0.3) is 0 Å². The van der Waals surface area contributed by atoms with Crippen molar-refractivity contribution in [3.63, 3.8) is 0 Å². The Balaban J connectivity index is 1.62. The first-order valence-corrected chi connectivity index (χ1v) is 8.21. The lowest BCUT2D eigenvalue weighted by Crippen LogP contribution is -2.31. The van der Waals surface area contributed by atoms with Crippen LogP contribution in [0.1, 0.15) is 58.8 Å². The Morgan fingerprint density at radius 3 is 2.72 bits per heavy atom. The molecule has 2 heteroatoms. The van der Waals surface area contributed by atoms with E-state index >= 15 is 0 Å². The summed E-state index contributed by atoms with van der Waals surface area (Å²) < 4.78 is 0. The maximum absolute atomic E-state index is 3.53. The van der Waals surface area contributed by atoms with E-state index in [1.165, 1.54) is 77.7 Å². The molecule has 2 rings (SSSR count). The Morgan fingerprint density at radius 2 is 2.11 bits per heavy atom. The molecule has 2 nitrogen and oxygen atoms in total. The fourth-order valence-electron chi connectivity index (χ4n) is 3.82. The van der Waals surface area contributed by atoms with Crippen molar-refractivity contribution < 1.29 is 0 Å². The van der Waals surface area contributed by atoms with Crippen molar-refractivity contribution in [3.05, 3.63) is 0 Å². The molecule has 106 valence electrons. The predicted molar refractivity (Wildman–Crippen MR) is 78.9 cm³/mol. The van der Waals surface area contributed by atoms with Gasteiger partial charge in [-0.3, -0.25) is 0 Å². The molecule has 18 heavy (non-hydrogen) atoms. The monoisotopic (exact) mass is 252 g/mol. The summed E-state index contributed by atoms with van der Waals surface area (Å²) in [7, 11) is 0. The van der Waals surface area contributed by atoms with Crippen LogP contribution < -0.4 is 5.32 Å². The maximum atomic E-state index is 3.53. The van der Waals surface area contributed by atoms with Crippen molar-refractivity contribution in [1.29, 1.82) is 0 Å². The molecule has 1 atom stereocenters. The average Bonchev–Trinajstić information content (AvgIpc) is 2.84. The maximum Gasteiger partial charge on any atom is 0.00382 e. The van der Waals surface area contributed by atoms with Gasteiger partial charge in [0.15, 0.2) is 0 Å². The van der Waals surface area contributed by atoms with E-state index in [4.69, 9.17) is 0 Å². The lowest BCUT2D eigenvalue weighted by molar-refractivity contribution is 0.232. The van der Waals surface area contributed by atoms with Crippen LogP contribution in [-0.2, 0) is 0 Å². The molecule has 0 amide bonds. The highest BCUT2D eigenvalue weighted by Crippen LogP contribution is 2.37. The van der Waals surface area contributed by atoms with Gasteiger partial charge in [0, 0.05) is 6.54 Å². The van der Waals surface area contributed by atoms with E-state index < -0.39 is 0 Å². The van der Waals surface area contributed by atoms with Crippen molar-refractivity contribution >= 4 is 0 Å². The SMILES string of the molecule is CCC1(CC)CCN(CCCC2CCCNC2)C1. The summed E-state index contributed by atoms with van der Waals surface area (Å²) in [6.07, 6.45) is 9.87. The van der Waals surface area contributed by atoms with Gasteiger partial charge >= 0.3 is 0 Å². The zero-order chi connectivity index (χ0) is 12.8. The van der Waals surface area contributed by atoms with Gasteiger partial charge in [-0.25, -0.2) is 0 Å². The quantitative estimate of drug-likeness (QED) is 0.780. The number of piperidine rings is 1. The van der Waals surface area contributed by atoms with Gasteiger partial charge in [-0.15, -0.1) is 0 Å². The third kappa shape index (κ3) is 3.71. The second kappa shape index (κ2) is 6.91. The minimum atomic E-state index is 0.659. The molecule has 0 radical (unpaired) electrons. The van der Waals surface area contributed by atoms with Gasteiger partial charge < -0.3 is 10.2 Å². The second-order valence-corrected chi connectivity index (χ2v) is 6.59. The molecule has 0 bridgehead atoms. The van der Waals surface area contributed by atoms with Crippen molar-refractivity contribution in [3.8, 4) is 0 Å². The van der Waals surface area contributed by atoms with Crippen LogP contribution in [0.25, 0.3) is 0 Å². The van der Waals surface area contributed by atoms with Crippen LogP contribution in [0.15, 0.2) is 0 Å². The minimum absolute atomic E-state index is 0.659. The molecule has 0 aromatic heterocycles. The Hall–Kier alpha value is -0.0800. The summed E-state index contributed by atoms with van der Waals surface area (Å²) in [6.45, 7) is 11.3. The molecule has 2 fully saturated rings. The molecule has 1 N–H and O–H groups in total. The molecule has 2 aliphatic rings. The first-order valence-electron chi connectivity index (χ1n) is 8.21. The van der Waals surface area contributed by atoms with Crippen LogP contribution in [-0.4, -0.2) is 37.6 Å². The van der Waals surface area contributed by atoms with E-state index in [2.05, 4.69) is 24.1 Å². The predicted octanol–water partition coefficient (Wildman–Crippen LogP) is 3.28. The summed E-state index contributed by atoms with van der Waals surface area (Å²) in [5, 5.41) is 3.53. The first kappa shape index (κ1) is 14.3. The summed E-state index contributed by atoms with van der Waals surface area (Å²) in [5.74, 6) is 0.962. The van der Waals surface area contributed by atoms with Crippen molar-refractivity contribution in [2.45, 2.75) is 58.8 Å². The topological polar surface area (TPSA) is 15.3 Å². The second-order valence-electron chi connectivity index (χ2n) is 6.59. The molecular weight excluding hydrogens is 220 g/mol. The molecule has 2 saturated heterocycles. The minimum Gasteiger partial charge on any atom is -0.316 e. The average molecular weight is 252 g/mol. The van der Waals surface area contributed by atoms with Crippen LogP contribution >= 0.6 is 0 Å². The molecule has 0 saturated carbocycles. The summed E-state index contributed by atoms with van der Waals surface area (Å²) in [6, 6.07) is 0. The standard InChI is InChI=1S/C16H32N2/c1-3-16(4-2)9-12-18(14-16)11-6-8-15-7-5-10-17-13-15/h15,17H,3-14H2,1-2H3. The normalized spacial score (nSPS) is 28.7. The third-order valence-electron chi connectivity index (χ3n) is 5.50. The summed E-state index contributed by atoms with van der Waals surface area (Å²) in [5.41, 5.74) is 0.659. The van der Waals surface area contributed by atoms with Gasteiger partial charge in [-0.05, 0) is 82.5 Å². The lowest BCUT2D eigenvalue weighted by Gasteiger charge is -2.27. The van der Waals surface area contributed by atoms with Gasteiger partial charge in [0.2, 0.25) is 0 Å². The fourth-order valence-corrected chi connectivity index (χ4v) is 3.82. The number of nitrogens with one attached hydrogen (secondary N) is 1. The molecule has 0 aromatic carbocycles. The molecule has 0 aromatic rings. The summed E-state index contributed by atoms with van der Waals surface area (Å²) in [4.78, 5) is 2.73. The highest BCUT2D eigenvalue weighted by atomic mass is 15.2. The van der Waals surface area contributed by atoms with Gasteiger partial charge in [0.1, 0.15) is 0 Å². The largest absolute Gasteiger partial charge is 0.316 e. The van der Waals surface area contributed by atoms with E-state index in [0.717, 1.165) is 5.92 Å². The van der Waals surface area contributed by atoms with E-state index in [9.17, 15) is 0 Å². The fraction of sp³-hybridized carbons (Fsp3) is 1.00. The van der Waals surface area contributed by atoms with Gasteiger partial charge in [0.05, 0.1) is 0 Å². The Bertz CT molecular complexity index is 229.